The van der Waals surface area contributed by atoms with Gasteiger partial charge in [-0.25, -0.2) is 4.39 Å². The minimum Gasteiger partial charge on any atom is -0.390 e. The summed E-state index contributed by atoms with van der Waals surface area (Å²) in [6.45, 7) is 3.99. The van der Waals surface area contributed by atoms with E-state index in [1.165, 1.54) is 12.1 Å². The predicted octanol–water partition coefficient (Wildman–Crippen LogP) is 3.72. The van der Waals surface area contributed by atoms with E-state index in [-0.39, 0.29) is 11.7 Å². The minimum absolute atomic E-state index is 0.153. The first-order valence-electron chi connectivity index (χ1n) is 5.52. The van der Waals surface area contributed by atoms with Crippen molar-refractivity contribution >= 4 is 23.5 Å². The van der Waals surface area contributed by atoms with Crippen molar-refractivity contribution in [3.63, 3.8) is 0 Å². The molecule has 0 amide bonds. The summed E-state index contributed by atoms with van der Waals surface area (Å²) in [5.74, 6) is -0.0937. The summed E-state index contributed by atoms with van der Waals surface area (Å²) < 4.78 is 12.5. The van der Waals surface area contributed by atoms with Gasteiger partial charge in [0.05, 0.1) is 6.10 Å². The van der Waals surface area contributed by atoms with Gasteiger partial charge in [-0.2, -0.15) is 0 Å². The van der Waals surface area contributed by atoms with Crippen LogP contribution in [0.1, 0.15) is 19.4 Å². The molecule has 1 N–H and O–H groups in total. The Kier molecular flexibility index (Phi) is 5.35. The number of thioether (sulfide) groups is 2. The third kappa shape index (κ3) is 2.98. The van der Waals surface area contributed by atoms with Crippen molar-refractivity contribution in [2.75, 3.05) is 12.5 Å². The minimum atomic E-state index is -0.474. The molecule has 0 spiro atoms. The van der Waals surface area contributed by atoms with E-state index in [1.807, 2.05) is 26.4 Å². The van der Waals surface area contributed by atoms with Crippen LogP contribution >= 0.6 is 23.5 Å². The van der Waals surface area contributed by atoms with E-state index in [9.17, 15) is 9.50 Å². The standard InChI is InChI=1S/C13H19FOS2/c1-9(2)12(15)13(16-3,17-4)10-5-7-11(14)8-6-10/h5-9,12,15H,1-4H3. The summed E-state index contributed by atoms with van der Waals surface area (Å²) in [5.41, 5.74) is 0.958. The molecule has 1 aromatic rings. The molecule has 1 rings (SSSR count). The number of hydrogen-bond acceptors (Lipinski definition) is 3. The first-order chi connectivity index (χ1) is 7.97. The molecule has 1 unspecified atom stereocenters. The zero-order chi connectivity index (χ0) is 13.1. The molecule has 1 atom stereocenters. The Morgan fingerprint density at radius 2 is 1.59 bits per heavy atom. The highest BCUT2D eigenvalue weighted by Gasteiger charge is 2.40. The molecular weight excluding hydrogens is 255 g/mol. The van der Waals surface area contributed by atoms with Crippen molar-refractivity contribution in [2.45, 2.75) is 24.0 Å². The van der Waals surface area contributed by atoms with Gasteiger partial charge in [0.15, 0.2) is 0 Å². The van der Waals surface area contributed by atoms with Gasteiger partial charge in [0.2, 0.25) is 0 Å². The smallest absolute Gasteiger partial charge is 0.123 e. The van der Waals surface area contributed by atoms with Gasteiger partial charge in [0.1, 0.15) is 9.90 Å². The SMILES string of the molecule is CSC(SC)(c1ccc(F)cc1)C(O)C(C)C. The fraction of sp³-hybridized carbons (Fsp3) is 0.538. The first-order valence-corrected chi connectivity index (χ1v) is 7.97. The Morgan fingerprint density at radius 1 is 1.12 bits per heavy atom. The van der Waals surface area contributed by atoms with Crippen LogP contribution in [0.25, 0.3) is 0 Å². The lowest BCUT2D eigenvalue weighted by atomic mass is 9.98. The van der Waals surface area contributed by atoms with E-state index in [4.69, 9.17) is 0 Å². The van der Waals surface area contributed by atoms with Gasteiger partial charge >= 0.3 is 0 Å². The van der Waals surface area contributed by atoms with Gasteiger partial charge < -0.3 is 5.11 Å². The topological polar surface area (TPSA) is 20.2 Å². The Morgan fingerprint density at radius 3 is 1.94 bits per heavy atom. The average Bonchev–Trinajstić information content (AvgIpc) is 2.33. The van der Waals surface area contributed by atoms with Crippen LogP contribution in [0.2, 0.25) is 0 Å². The quantitative estimate of drug-likeness (QED) is 0.826. The first kappa shape index (κ1) is 14.9. The van der Waals surface area contributed by atoms with E-state index in [2.05, 4.69) is 0 Å². The van der Waals surface area contributed by atoms with Crippen LogP contribution in [-0.4, -0.2) is 23.7 Å². The highest BCUT2D eigenvalue weighted by molar-refractivity contribution is 8.17. The van der Waals surface area contributed by atoms with Gasteiger partial charge in [-0.05, 0) is 36.1 Å². The van der Waals surface area contributed by atoms with Crippen LogP contribution in [0.15, 0.2) is 24.3 Å². The monoisotopic (exact) mass is 274 g/mol. The van der Waals surface area contributed by atoms with Gasteiger partial charge in [-0.3, -0.25) is 0 Å². The third-order valence-corrected chi connectivity index (χ3v) is 6.04. The number of hydrogen-bond donors (Lipinski definition) is 1. The lowest BCUT2D eigenvalue weighted by Crippen LogP contribution is -2.37. The summed E-state index contributed by atoms with van der Waals surface area (Å²) in [6, 6.07) is 6.41. The zero-order valence-corrected chi connectivity index (χ0v) is 12.2. The van der Waals surface area contributed by atoms with Gasteiger partial charge in [-0.15, -0.1) is 23.5 Å². The van der Waals surface area contributed by atoms with E-state index < -0.39 is 10.2 Å². The van der Waals surface area contributed by atoms with Crippen molar-refractivity contribution in [1.82, 2.24) is 0 Å². The Bertz CT molecular complexity index is 347. The molecule has 1 nitrogen and oxygen atoms in total. The summed E-state index contributed by atoms with van der Waals surface area (Å²) in [5, 5.41) is 10.4. The maximum Gasteiger partial charge on any atom is 0.123 e. The fourth-order valence-corrected chi connectivity index (χ4v) is 4.29. The average molecular weight is 274 g/mol. The maximum absolute atomic E-state index is 13.0. The molecule has 0 bridgehead atoms. The van der Waals surface area contributed by atoms with Crippen molar-refractivity contribution in [3.05, 3.63) is 35.6 Å². The normalized spacial score (nSPS) is 14.1. The largest absolute Gasteiger partial charge is 0.390 e. The van der Waals surface area contributed by atoms with Crippen molar-refractivity contribution in [3.8, 4) is 0 Å². The van der Waals surface area contributed by atoms with Crippen LogP contribution < -0.4 is 0 Å². The lowest BCUT2D eigenvalue weighted by Gasteiger charge is -2.37. The molecule has 17 heavy (non-hydrogen) atoms. The van der Waals surface area contributed by atoms with Gasteiger partial charge in [-0.1, -0.05) is 26.0 Å². The Hall–Kier alpha value is -0.190. The van der Waals surface area contributed by atoms with E-state index in [0.29, 0.717) is 0 Å². The van der Waals surface area contributed by atoms with Crippen molar-refractivity contribution in [2.24, 2.45) is 5.92 Å². The van der Waals surface area contributed by atoms with Crippen LogP contribution in [0.3, 0.4) is 0 Å². The molecule has 0 fully saturated rings. The molecule has 96 valence electrons. The lowest BCUT2D eigenvalue weighted by molar-refractivity contribution is 0.112. The molecule has 0 heterocycles. The second-order valence-electron chi connectivity index (χ2n) is 4.27. The van der Waals surface area contributed by atoms with Crippen LogP contribution in [-0.2, 0) is 4.08 Å². The number of aliphatic hydroxyl groups excluding tert-OH is 1. The molecule has 0 radical (unpaired) electrons. The number of benzene rings is 1. The van der Waals surface area contributed by atoms with Crippen molar-refractivity contribution in [1.29, 1.82) is 0 Å². The predicted molar refractivity (Wildman–Crippen MR) is 76.0 cm³/mol. The van der Waals surface area contributed by atoms with Crippen LogP contribution in [0.4, 0.5) is 4.39 Å². The fourth-order valence-electron chi connectivity index (χ4n) is 1.85. The number of rotatable bonds is 5. The number of halogens is 1. The van der Waals surface area contributed by atoms with Gasteiger partial charge in [0, 0.05) is 0 Å². The molecule has 0 saturated heterocycles. The molecule has 4 heteroatoms. The summed E-state index contributed by atoms with van der Waals surface area (Å²) >= 11 is 3.21. The Labute approximate surface area is 111 Å². The molecule has 1 aromatic carbocycles. The maximum atomic E-state index is 13.0. The molecule has 0 aliphatic rings. The zero-order valence-electron chi connectivity index (χ0n) is 10.6. The van der Waals surface area contributed by atoms with E-state index >= 15 is 0 Å². The van der Waals surface area contributed by atoms with Crippen molar-refractivity contribution < 1.29 is 9.50 Å². The highest BCUT2D eigenvalue weighted by Crippen LogP contribution is 2.48. The summed E-state index contributed by atoms with van der Waals surface area (Å²) in [4.78, 5) is 0. The second-order valence-corrected chi connectivity index (χ2v) is 6.63. The van der Waals surface area contributed by atoms with E-state index in [1.54, 1.807) is 35.7 Å². The molecular formula is C13H19FOS2. The molecule has 0 aromatic heterocycles. The second kappa shape index (κ2) is 6.12. The number of aliphatic hydroxyl groups is 1. The summed E-state index contributed by atoms with van der Waals surface area (Å²) in [7, 11) is 0. The highest BCUT2D eigenvalue weighted by atomic mass is 32.2. The molecule has 0 saturated carbocycles. The van der Waals surface area contributed by atoms with E-state index in [0.717, 1.165) is 5.56 Å². The Balaban J connectivity index is 3.19. The molecule has 0 aliphatic heterocycles. The third-order valence-electron chi connectivity index (χ3n) is 2.87. The van der Waals surface area contributed by atoms with Crippen LogP contribution in [0, 0.1) is 11.7 Å². The summed E-state index contributed by atoms with van der Waals surface area (Å²) in [6.07, 6.45) is 3.48. The molecule has 0 aliphatic carbocycles. The van der Waals surface area contributed by atoms with Gasteiger partial charge in [0.25, 0.3) is 0 Å². The van der Waals surface area contributed by atoms with Crippen LogP contribution in [0.5, 0.6) is 0 Å².